The molecule has 0 aromatic heterocycles. The molecule has 76 valence electrons. The smallest absolute Gasteiger partial charge is 0.0613 e. The number of rotatable bonds is 2. The second kappa shape index (κ2) is 5.20. The monoisotopic (exact) mass is 252 g/mol. The molecule has 14 heteroatoms. The van der Waals surface area contributed by atoms with Crippen LogP contribution >= 0.6 is 0 Å². The van der Waals surface area contributed by atoms with Gasteiger partial charge in [0, 0.05) is 0 Å². The van der Waals surface area contributed by atoms with Crippen LogP contribution in [0.1, 0.15) is 0 Å². The van der Waals surface area contributed by atoms with Crippen LogP contribution in [0, 0.1) is 5.41 Å². The van der Waals surface area contributed by atoms with Crippen molar-refractivity contribution in [2.45, 2.75) is 37.5 Å². The number of hydrogen-bond donors (Lipinski definition) is 0. The van der Waals surface area contributed by atoms with E-state index in [0.29, 0.717) is 0 Å². The zero-order valence-corrected chi connectivity index (χ0v) is 12.2. The lowest BCUT2D eigenvalue weighted by Crippen LogP contribution is -2.71. The molecular formula is C8H2B14. The second-order valence-electron chi connectivity index (χ2n) is 6.27. The molecule has 1 rings (SSSR count). The topological polar surface area (TPSA) is 0 Å². The van der Waals surface area contributed by atoms with Gasteiger partial charge in [0.2, 0.25) is 0 Å². The highest BCUT2D eigenvalue weighted by atomic mass is 14.6. The first kappa shape index (κ1) is 21.0. The molecule has 28 radical (unpaired) electrons. The van der Waals surface area contributed by atoms with Crippen LogP contribution in [-0.2, 0) is 0 Å². The zero-order chi connectivity index (χ0) is 18.2. The average Bonchev–Trinajstić information content (AvgIpc) is 2.25. The summed E-state index contributed by atoms with van der Waals surface area (Å²) < 4.78 is 0. The normalized spacial score (nSPS) is 29.9. The van der Waals surface area contributed by atoms with E-state index in [-0.39, 0.29) is 0 Å². The molecule has 1 aliphatic rings. The zero-order valence-electron chi connectivity index (χ0n) is 12.2. The van der Waals surface area contributed by atoms with E-state index in [1.807, 2.05) is 0 Å². The quantitative estimate of drug-likeness (QED) is 0.444. The highest BCUT2D eigenvalue weighted by molar-refractivity contribution is 6.71. The van der Waals surface area contributed by atoms with Crippen molar-refractivity contribution in [1.29, 1.82) is 0 Å². The minimum absolute atomic E-state index is 1.52. The summed E-state index contributed by atoms with van der Waals surface area (Å²) in [6, 6.07) is 0. The fraction of sp³-hybridized carbons (Fsp3) is 1.00. The molecule has 0 bridgehead atoms. The van der Waals surface area contributed by atoms with Crippen molar-refractivity contribution in [3.8, 4) is 0 Å². The van der Waals surface area contributed by atoms with Crippen molar-refractivity contribution in [1.82, 2.24) is 0 Å². The third kappa shape index (κ3) is 1.85. The molecule has 0 amide bonds. The third-order valence-electron chi connectivity index (χ3n) is 5.16. The first-order chi connectivity index (χ1) is 9.39. The Bertz CT molecular complexity index is 408. The van der Waals surface area contributed by atoms with Gasteiger partial charge in [-0.15, -0.1) is 37.5 Å². The van der Waals surface area contributed by atoms with E-state index in [4.69, 9.17) is 110 Å². The summed E-state index contributed by atoms with van der Waals surface area (Å²) in [7, 11) is 83.1. The molecule has 0 unspecified atom stereocenters. The Balaban J connectivity index is 4.00. The van der Waals surface area contributed by atoms with E-state index >= 15 is 0 Å². The van der Waals surface area contributed by atoms with Gasteiger partial charge in [-0.1, -0.05) is 5.41 Å². The van der Waals surface area contributed by atoms with Gasteiger partial charge in [0.25, 0.3) is 0 Å². The molecule has 0 saturated heterocycles. The van der Waals surface area contributed by atoms with Crippen LogP contribution in [-0.4, -0.2) is 110 Å². The lowest BCUT2D eigenvalue weighted by atomic mass is 8.95. The molecule has 0 nitrogen and oxygen atoms in total. The van der Waals surface area contributed by atoms with E-state index in [1.54, 1.807) is 0 Å². The summed E-state index contributed by atoms with van der Waals surface area (Å²) in [5.41, 5.74) is -5.19. The van der Waals surface area contributed by atoms with Gasteiger partial charge in [0.05, 0.1) is 110 Å². The van der Waals surface area contributed by atoms with Gasteiger partial charge in [0.15, 0.2) is 0 Å². The van der Waals surface area contributed by atoms with Crippen LogP contribution in [0.5, 0.6) is 0 Å². The van der Waals surface area contributed by atoms with Gasteiger partial charge >= 0.3 is 0 Å². The molecule has 22 heavy (non-hydrogen) atoms. The molecule has 0 N–H and O–H groups in total. The van der Waals surface area contributed by atoms with Crippen LogP contribution in [0.3, 0.4) is 0 Å². The summed E-state index contributed by atoms with van der Waals surface area (Å²) in [5, 5.41) is -11.8. The van der Waals surface area contributed by atoms with Crippen molar-refractivity contribution in [3.63, 3.8) is 0 Å². The van der Waals surface area contributed by atoms with Gasteiger partial charge in [-0.25, -0.2) is 0 Å². The summed E-state index contributed by atoms with van der Waals surface area (Å²) in [6.45, 7) is 0. The van der Waals surface area contributed by atoms with Crippen molar-refractivity contribution in [2.24, 2.45) is 5.41 Å². The fourth-order valence-electron chi connectivity index (χ4n) is 3.38. The molecule has 0 aromatic carbocycles. The van der Waals surface area contributed by atoms with Crippen LogP contribution < -0.4 is 0 Å². The Morgan fingerprint density at radius 2 is 0.545 bits per heavy atom. The van der Waals surface area contributed by atoms with Gasteiger partial charge in [-0.3, -0.25) is 0 Å². The van der Waals surface area contributed by atoms with Crippen molar-refractivity contribution in [3.05, 3.63) is 0 Å². The summed E-state index contributed by atoms with van der Waals surface area (Å²) in [6.07, 6.45) is 0. The van der Waals surface area contributed by atoms with Crippen molar-refractivity contribution >= 4 is 110 Å². The largest absolute Gasteiger partial charge is 0.119 e. The lowest BCUT2D eigenvalue weighted by molar-refractivity contribution is 0.134. The summed E-state index contributed by atoms with van der Waals surface area (Å²) in [5.74, 6) is 0. The molecule has 0 aromatic rings. The maximum absolute atomic E-state index is 6.09. The molecule has 1 aliphatic carbocycles. The van der Waals surface area contributed by atoms with Gasteiger partial charge < -0.3 is 0 Å². The van der Waals surface area contributed by atoms with E-state index in [0.717, 1.165) is 0 Å². The Labute approximate surface area is 152 Å². The first-order valence-electron chi connectivity index (χ1n) is 6.30. The molecule has 0 aliphatic heterocycles. The molecule has 0 atom stereocenters. The van der Waals surface area contributed by atoms with Crippen LogP contribution in [0.4, 0.5) is 0 Å². The minimum Gasteiger partial charge on any atom is -0.119 e. The molecule has 1 saturated carbocycles. The molecular weight excluding hydrogens is 247 g/mol. The fourth-order valence-corrected chi connectivity index (χ4v) is 3.38. The average molecular weight is 249 g/mol. The lowest BCUT2D eigenvalue weighted by Gasteiger charge is -2.85. The molecule has 0 heterocycles. The van der Waals surface area contributed by atoms with E-state index < -0.39 is 42.9 Å². The van der Waals surface area contributed by atoms with Crippen LogP contribution in [0.25, 0.3) is 0 Å². The predicted octanol–water partition coefficient (Wildman–Crippen LogP) is -3.58. The number of hydrogen-bond acceptors (Lipinski definition) is 0. The maximum Gasteiger partial charge on any atom is 0.0613 e. The first-order valence-corrected chi connectivity index (χ1v) is 6.30. The van der Waals surface area contributed by atoms with E-state index in [2.05, 4.69) is 0 Å². The highest BCUT2D eigenvalue weighted by Crippen LogP contribution is 2.87. The third-order valence-corrected chi connectivity index (χ3v) is 5.16. The Hall–Kier alpha value is 0.909. The van der Waals surface area contributed by atoms with Crippen LogP contribution in [0.2, 0.25) is 37.5 Å². The Morgan fingerprint density at radius 1 is 0.364 bits per heavy atom. The second-order valence-corrected chi connectivity index (χ2v) is 6.27. The SMILES string of the molecule is [B]C([B])C1(C([B])[B])C([B])([B])C([B])([B])C([B])([B])C([B])([B])C1([B])[B]. The predicted molar refractivity (Wildman–Crippen MR) is 104 cm³/mol. The van der Waals surface area contributed by atoms with Gasteiger partial charge in [-0.05, 0) is 0 Å². The van der Waals surface area contributed by atoms with E-state index in [1.165, 1.54) is 0 Å². The highest BCUT2D eigenvalue weighted by Gasteiger charge is 2.71. The Morgan fingerprint density at radius 3 is 0.727 bits per heavy atom. The van der Waals surface area contributed by atoms with Gasteiger partial charge in [0.1, 0.15) is 0 Å². The summed E-state index contributed by atoms with van der Waals surface area (Å²) in [4.78, 5) is 0. The summed E-state index contributed by atoms with van der Waals surface area (Å²) >= 11 is 0. The standard InChI is InChI=1S/C8H2B14/c9-1(10)3(2(11)12)4(13,14)6(17,18)8(21,22)7(19,20)5(3,15)16/h1-2H. The van der Waals surface area contributed by atoms with Crippen LogP contribution in [0.15, 0.2) is 0 Å². The van der Waals surface area contributed by atoms with Crippen molar-refractivity contribution in [2.75, 3.05) is 0 Å². The maximum atomic E-state index is 6.09. The van der Waals surface area contributed by atoms with Crippen molar-refractivity contribution < 1.29 is 0 Å². The molecule has 1 fully saturated rings. The van der Waals surface area contributed by atoms with Gasteiger partial charge in [-0.2, -0.15) is 0 Å². The minimum atomic E-state index is -2.36. The van der Waals surface area contributed by atoms with E-state index in [9.17, 15) is 0 Å². The Kier molecular flexibility index (Phi) is 4.95. The molecule has 0 spiro atoms.